The van der Waals surface area contributed by atoms with Crippen LogP contribution in [0.3, 0.4) is 0 Å². The van der Waals surface area contributed by atoms with Gasteiger partial charge in [-0.25, -0.2) is 4.39 Å². The monoisotopic (exact) mass is 532 g/mol. The average Bonchev–Trinajstić information content (AvgIpc) is 3.29. The first-order valence-electron chi connectivity index (χ1n) is 12.7. The highest BCUT2D eigenvalue weighted by atomic mass is 35.5. The van der Waals surface area contributed by atoms with Gasteiger partial charge in [-0.15, -0.1) is 11.3 Å². The van der Waals surface area contributed by atoms with Gasteiger partial charge in [-0.05, 0) is 105 Å². The number of likely N-dealkylation sites (tertiary alicyclic amines) is 1. The summed E-state index contributed by atoms with van der Waals surface area (Å²) in [5.41, 5.74) is 1.37. The maximum Gasteiger partial charge on any atom is 0.303 e. The van der Waals surface area contributed by atoms with Crippen molar-refractivity contribution >= 4 is 39.8 Å². The molecule has 1 N–H and O–H groups in total. The minimum atomic E-state index is -1.13. The number of unbranched alkanes of at least 4 members (excludes halogenated alkanes) is 1. The van der Waals surface area contributed by atoms with Gasteiger partial charge in [0.25, 0.3) is 0 Å². The highest BCUT2D eigenvalue weighted by Gasteiger charge is 2.31. The first-order valence-corrected chi connectivity index (χ1v) is 13.9. The molecule has 0 amide bonds. The fourth-order valence-electron chi connectivity index (χ4n) is 5.38. The van der Waals surface area contributed by atoms with Crippen LogP contribution in [0, 0.1) is 11.8 Å². The van der Waals surface area contributed by atoms with E-state index in [9.17, 15) is 9.90 Å². The number of hydrogen-bond acceptors (Lipinski definition) is 5. The van der Waals surface area contributed by atoms with Gasteiger partial charge in [0, 0.05) is 29.4 Å². The number of alkyl halides is 1. The van der Waals surface area contributed by atoms with Crippen molar-refractivity contribution in [1.29, 1.82) is 0 Å². The molecule has 3 atom stereocenters. The van der Waals surface area contributed by atoms with Gasteiger partial charge in [-0.2, -0.15) is 0 Å². The number of carbonyl (C=O) groups is 1. The van der Waals surface area contributed by atoms with Crippen LogP contribution >= 0.6 is 22.9 Å². The van der Waals surface area contributed by atoms with Gasteiger partial charge >= 0.3 is 5.97 Å². The second-order valence-corrected chi connectivity index (χ2v) is 11.1. The Labute approximate surface area is 221 Å². The number of ether oxygens (including phenoxy) is 1. The Bertz CT molecular complexity index is 1160. The molecule has 1 aliphatic heterocycles. The molecule has 0 radical (unpaired) electrons. The zero-order valence-electron chi connectivity index (χ0n) is 20.7. The second kappa shape index (κ2) is 12.8. The largest absolute Gasteiger partial charge is 0.497 e. The van der Waals surface area contributed by atoms with Crippen LogP contribution in [-0.4, -0.2) is 47.7 Å². The Morgan fingerprint density at radius 1 is 1.31 bits per heavy atom. The van der Waals surface area contributed by atoms with E-state index in [0.717, 1.165) is 61.2 Å². The third-order valence-electron chi connectivity index (χ3n) is 7.34. The van der Waals surface area contributed by atoms with E-state index in [1.54, 1.807) is 30.7 Å². The lowest BCUT2D eigenvalue weighted by Crippen LogP contribution is -2.41. The van der Waals surface area contributed by atoms with E-state index >= 15 is 4.39 Å². The number of benzene rings is 1. The number of carboxylic acids is 1. The third-order valence-corrected chi connectivity index (χ3v) is 8.79. The summed E-state index contributed by atoms with van der Waals surface area (Å²) in [7, 11) is 1.60. The van der Waals surface area contributed by atoms with Gasteiger partial charge in [0.15, 0.2) is 0 Å². The predicted octanol–water partition coefficient (Wildman–Crippen LogP) is 7.18. The highest BCUT2D eigenvalue weighted by Crippen LogP contribution is 2.36. The van der Waals surface area contributed by atoms with Gasteiger partial charge in [0.1, 0.15) is 11.9 Å². The van der Waals surface area contributed by atoms with E-state index in [0.29, 0.717) is 24.2 Å². The molecule has 8 heteroatoms. The molecule has 1 fully saturated rings. The fraction of sp³-hybridized carbons (Fsp3) is 0.500. The first-order chi connectivity index (χ1) is 17.4. The zero-order valence-corrected chi connectivity index (χ0v) is 22.2. The lowest BCUT2D eigenvalue weighted by Gasteiger charge is -2.38. The van der Waals surface area contributed by atoms with E-state index < -0.39 is 12.1 Å². The lowest BCUT2D eigenvalue weighted by molar-refractivity contribution is -0.139. The number of pyridine rings is 1. The summed E-state index contributed by atoms with van der Waals surface area (Å²) in [6.07, 6.45) is 5.73. The number of rotatable bonds is 12. The van der Waals surface area contributed by atoms with Crippen molar-refractivity contribution < 1.29 is 19.0 Å². The van der Waals surface area contributed by atoms with Crippen molar-refractivity contribution in [3.05, 3.63) is 57.4 Å². The van der Waals surface area contributed by atoms with Crippen LogP contribution in [0.5, 0.6) is 5.75 Å². The molecule has 1 aliphatic rings. The van der Waals surface area contributed by atoms with Crippen LogP contribution in [0.4, 0.5) is 4.39 Å². The number of halogens is 2. The Morgan fingerprint density at radius 2 is 2.17 bits per heavy atom. The van der Waals surface area contributed by atoms with E-state index in [1.807, 2.05) is 29.6 Å². The first kappa shape index (κ1) is 26.8. The van der Waals surface area contributed by atoms with Crippen LogP contribution in [0.1, 0.15) is 55.1 Å². The molecule has 5 nitrogen and oxygen atoms in total. The molecule has 1 saturated heterocycles. The fourth-order valence-corrected chi connectivity index (χ4v) is 6.56. The molecule has 1 unspecified atom stereocenters. The van der Waals surface area contributed by atoms with Crippen LogP contribution in [0.2, 0.25) is 5.02 Å². The number of carboxylic acid groups (broad SMARTS) is 1. The maximum atomic E-state index is 15.5. The van der Waals surface area contributed by atoms with Gasteiger partial charge in [0.05, 0.1) is 17.6 Å². The Kier molecular flexibility index (Phi) is 9.57. The molecule has 4 rings (SSSR count). The topological polar surface area (TPSA) is 62.7 Å². The number of methoxy groups -OCH3 is 1. The molecule has 3 aromatic rings. The molecule has 1 aromatic carbocycles. The summed E-state index contributed by atoms with van der Waals surface area (Å²) in [6, 6.07) is 9.19. The third kappa shape index (κ3) is 6.96. The molecule has 0 bridgehead atoms. The minimum Gasteiger partial charge on any atom is -0.497 e. The van der Waals surface area contributed by atoms with Crippen molar-refractivity contribution in [3.8, 4) is 5.75 Å². The SMILES string of the molecule is COc1ccc2nccc(C(F)CC[C@@H]3CCN(CCCCc4sccc4Cl)C[C@@H]3CC(=O)O)c2c1. The number of aliphatic carboxylic acids is 1. The molecule has 0 aliphatic carbocycles. The minimum absolute atomic E-state index is 0.0458. The summed E-state index contributed by atoms with van der Waals surface area (Å²) < 4.78 is 20.8. The second-order valence-electron chi connectivity index (χ2n) is 9.68. The van der Waals surface area contributed by atoms with Crippen molar-refractivity contribution in [2.24, 2.45) is 11.8 Å². The molecule has 0 saturated carbocycles. The standard InChI is InChI=1S/C28H34ClFN2O3S/c1-35-21-6-8-26-23(17-21)22(9-12-31-26)25(30)7-5-19-10-14-32(18-20(19)16-28(33)34)13-3-2-4-27-24(29)11-15-36-27/h6,8-9,11-12,15,17,19-20,25H,2-5,7,10,13-14,16,18H2,1H3,(H,33,34)/t19-,20+,25?/m1/s1. The van der Waals surface area contributed by atoms with Crippen molar-refractivity contribution in [2.75, 3.05) is 26.7 Å². The summed E-state index contributed by atoms with van der Waals surface area (Å²) >= 11 is 7.89. The van der Waals surface area contributed by atoms with Crippen LogP contribution in [-0.2, 0) is 11.2 Å². The molecule has 36 heavy (non-hydrogen) atoms. The van der Waals surface area contributed by atoms with Gasteiger partial charge in [0.2, 0.25) is 0 Å². The van der Waals surface area contributed by atoms with Crippen molar-refractivity contribution in [2.45, 2.75) is 51.1 Å². The highest BCUT2D eigenvalue weighted by molar-refractivity contribution is 7.10. The van der Waals surface area contributed by atoms with E-state index in [-0.39, 0.29) is 18.3 Å². The van der Waals surface area contributed by atoms with Crippen molar-refractivity contribution in [3.63, 3.8) is 0 Å². The molecule has 2 aromatic heterocycles. The summed E-state index contributed by atoms with van der Waals surface area (Å²) in [6.45, 7) is 2.67. The number of piperidine rings is 1. The molecule has 194 valence electrons. The van der Waals surface area contributed by atoms with Gasteiger partial charge in [-0.1, -0.05) is 11.6 Å². The Morgan fingerprint density at radius 3 is 2.92 bits per heavy atom. The number of aromatic nitrogens is 1. The zero-order chi connectivity index (χ0) is 25.5. The number of thiophene rings is 1. The quantitative estimate of drug-likeness (QED) is 0.250. The van der Waals surface area contributed by atoms with Gasteiger partial charge in [-0.3, -0.25) is 9.78 Å². The summed E-state index contributed by atoms with van der Waals surface area (Å²) in [4.78, 5) is 19.6. The van der Waals surface area contributed by atoms with Crippen LogP contribution < -0.4 is 4.74 Å². The average molecular weight is 533 g/mol. The summed E-state index contributed by atoms with van der Waals surface area (Å²) in [5.74, 6) is 0.159. The molecule has 3 heterocycles. The number of aryl methyl sites for hydroxylation is 1. The van der Waals surface area contributed by atoms with E-state index in [2.05, 4.69) is 9.88 Å². The molecular weight excluding hydrogens is 499 g/mol. The van der Waals surface area contributed by atoms with E-state index in [4.69, 9.17) is 16.3 Å². The Balaban J connectivity index is 1.32. The van der Waals surface area contributed by atoms with Crippen LogP contribution in [0.15, 0.2) is 41.9 Å². The normalized spacial score (nSPS) is 19.4. The maximum absolute atomic E-state index is 15.5. The van der Waals surface area contributed by atoms with Crippen molar-refractivity contribution in [1.82, 2.24) is 9.88 Å². The number of hydrogen-bond donors (Lipinski definition) is 1. The van der Waals surface area contributed by atoms with E-state index in [1.165, 1.54) is 4.88 Å². The summed E-state index contributed by atoms with van der Waals surface area (Å²) in [5, 5.41) is 13.2. The smallest absolute Gasteiger partial charge is 0.303 e. The Hall–Kier alpha value is -2.22. The van der Waals surface area contributed by atoms with Crippen LogP contribution in [0.25, 0.3) is 10.9 Å². The molecular formula is C28H34ClFN2O3S. The number of nitrogens with zero attached hydrogens (tertiary/aromatic N) is 2. The predicted molar refractivity (Wildman–Crippen MR) is 144 cm³/mol. The lowest BCUT2D eigenvalue weighted by atomic mass is 9.79. The van der Waals surface area contributed by atoms with Gasteiger partial charge < -0.3 is 14.7 Å². The number of fused-ring (bicyclic) bond motifs is 1. The molecule has 0 spiro atoms.